The molecule has 0 fully saturated rings. The fourth-order valence-electron chi connectivity index (χ4n) is 2.97. The van der Waals surface area contributed by atoms with Gasteiger partial charge in [-0.25, -0.2) is 0 Å². The second-order valence-electron chi connectivity index (χ2n) is 5.62. The first-order chi connectivity index (χ1) is 8.98. The van der Waals surface area contributed by atoms with E-state index in [-0.39, 0.29) is 5.54 Å². The molecule has 104 valence electrons. The van der Waals surface area contributed by atoms with Gasteiger partial charge < -0.3 is 15.4 Å². The van der Waals surface area contributed by atoms with E-state index in [1.54, 1.807) is 7.11 Å². The molecule has 1 aliphatic heterocycles. The summed E-state index contributed by atoms with van der Waals surface area (Å²) in [7, 11) is 1.71. The van der Waals surface area contributed by atoms with Gasteiger partial charge in [0.15, 0.2) is 5.96 Å². The normalized spacial score (nSPS) is 22.8. The van der Waals surface area contributed by atoms with Crippen molar-refractivity contribution < 1.29 is 4.74 Å². The summed E-state index contributed by atoms with van der Waals surface area (Å²) in [6.45, 7) is 7.24. The van der Waals surface area contributed by atoms with Gasteiger partial charge in [0.2, 0.25) is 0 Å². The molecule has 1 heterocycles. The number of nitrogens with zero attached hydrogens (tertiary/aromatic N) is 2. The third-order valence-corrected chi connectivity index (χ3v) is 3.69. The minimum absolute atomic E-state index is 0.0765. The molecule has 2 N–H and O–H groups in total. The summed E-state index contributed by atoms with van der Waals surface area (Å²) < 4.78 is 5.44. The number of nitrogens with two attached hydrogens (primary N) is 1. The van der Waals surface area contributed by atoms with Gasteiger partial charge in [-0.2, -0.15) is 0 Å². The highest BCUT2D eigenvalue weighted by molar-refractivity contribution is 5.81. The molecule has 0 aliphatic carbocycles. The largest absolute Gasteiger partial charge is 0.496 e. The summed E-state index contributed by atoms with van der Waals surface area (Å²) in [6, 6.07) is 8.48. The highest BCUT2D eigenvalue weighted by Gasteiger charge is 2.39. The Morgan fingerprint density at radius 3 is 2.74 bits per heavy atom. The van der Waals surface area contributed by atoms with Crippen LogP contribution in [0.3, 0.4) is 0 Å². The molecule has 1 atom stereocenters. The van der Waals surface area contributed by atoms with Gasteiger partial charge in [-0.1, -0.05) is 18.2 Å². The Kier molecular flexibility index (Phi) is 3.69. The predicted octanol–water partition coefficient (Wildman–Crippen LogP) is 2.04. The number of methoxy groups -OCH3 is 1. The molecule has 4 heteroatoms. The second-order valence-corrected chi connectivity index (χ2v) is 5.62. The molecule has 0 saturated heterocycles. The summed E-state index contributed by atoms with van der Waals surface area (Å²) in [5.41, 5.74) is 7.15. The summed E-state index contributed by atoms with van der Waals surface area (Å²) >= 11 is 0. The zero-order valence-electron chi connectivity index (χ0n) is 12.2. The van der Waals surface area contributed by atoms with Crippen molar-refractivity contribution in [2.24, 2.45) is 10.7 Å². The van der Waals surface area contributed by atoms with Crippen LogP contribution in [0.25, 0.3) is 0 Å². The fourth-order valence-corrected chi connectivity index (χ4v) is 2.97. The maximum Gasteiger partial charge on any atom is 0.192 e. The standard InChI is InChI=1S/C15H23N3O/c1-11(2)18-14(16)17-10-15(18,3)9-12-7-5-6-8-13(12)19-4/h5-8,11H,9-10H2,1-4H3,(H2,16,17). The van der Waals surface area contributed by atoms with Crippen molar-refractivity contribution in [3.8, 4) is 5.75 Å². The van der Waals surface area contributed by atoms with Crippen LogP contribution in [0.5, 0.6) is 5.75 Å². The van der Waals surface area contributed by atoms with Crippen LogP contribution in [0, 0.1) is 0 Å². The third-order valence-electron chi connectivity index (χ3n) is 3.69. The smallest absolute Gasteiger partial charge is 0.192 e. The molecule has 0 aromatic heterocycles. The van der Waals surface area contributed by atoms with E-state index < -0.39 is 0 Å². The lowest BCUT2D eigenvalue weighted by Crippen LogP contribution is -2.54. The van der Waals surface area contributed by atoms with Gasteiger partial charge in [-0.3, -0.25) is 4.99 Å². The SMILES string of the molecule is COc1ccccc1CC1(C)CN=C(N)N1C(C)C. The number of hydrogen-bond donors (Lipinski definition) is 1. The molecule has 4 nitrogen and oxygen atoms in total. The average molecular weight is 261 g/mol. The number of benzene rings is 1. The van der Waals surface area contributed by atoms with Crippen molar-refractivity contribution in [1.82, 2.24) is 4.90 Å². The maximum absolute atomic E-state index is 6.02. The number of rotatable bonds is 4. The summed E-state index contributed by atoms with van der Waals surface area (Å²) in [5.74, 6) is 1.57. The molecule has 1 unspecified atom stereocenters. The minimum Gasteiger partial charge on any atom is -0.496 e. The van der Waals surface area contributed by atoms with Crippen LogP contribution in [-0.4, -0.2) is 36.1 Å². The van der Waals surface area contributed by atoms with Crippen LogP contribution in [-0.2, 0) is 6.42 Å². The fraction of sp³-hybridized carbons (Fsp3) is 0.533. The van der Waals surface area contributed by atoms with E-state index in [0.29, 0.717) is 12.0 Å². The third kappa shape index (κ3) is 2.53. The van der Waals surface area contributed by atoms with Gasteiger partial charge in [-0.05, 0) is 32.4 Å². The minimum atomic E-state index is -0.0765. The highest BCUT2D eigenvalue weighted by atomic mass is 16.5. The molecular weight excluding hydrogens is 238 g/mol. The van der Waals surface area contributed by atoms with Gasteiger partial charge in [0.1, 0.15) is 5.75 Å². The molecule has 2 rings (SSSR count). The van der Waals surface area contributed by atoms with Crippen LogP contribution in [0.2, 0.25) is 0 Å². The van der Waals surface area contributed by atoms with Crippen LogP contribution in [0.15, 0.2) is 29.3 Å². The first-order valence-electron chi connectivity index (χ1n) is 6.69. The zero-order chi connectivity index (χ0) is 14.0. The Morgan fingerprint density at radius 2 is 2.11 bits per heavy atom. The van der Waals surface area contributed by atoms with E-state index in [1.807, 2.05) is 18.2 Å². The van der Waals surface area contributed by atoms with E-state index in [4.69, 9.17) is 10.5 Å². The van der Waals surface area contributed by atoms with Crippen LogP contribution < -0.4 is 10.5 Å². The van der Waals surface area contributed by atoms with Crippen molar-refractivity contribution in [2.45, 2.75) is 38.8 Å². The Bertz CT molecular complexity index is 484. The number of hydrogen-bond acceptors (Lipinski definition) is 4. The Morgan fingerprint density at radius 1 is 1.42 bits per heavy atom. The topological polar surface area (TPSA) is 50.9 Å². The Labute approximate surface area is 115 Å². The average Bonchev–Trinajstić information content (AvgIpc) is 2.65. The molecule has 0 amide bonds. The van der Waals surface area contributed by atoms with Crippen molar-refractivity contribution >= 4 is 5.96 Å². The first kappa shape index (κ1) is 13.7. The van der Waals surface area contributed by atoms with Crippen molar-refractivity contribution in [1.29, 1.82) is 0 Å². The molecule has 0 bridgehead atoms. The van der Waals surface area contributed by atoms with Crippen LogP contribution >= 0.6 is 0 Å². The van der Waals surface area contributed by atoms with E-state index >= 15 is 0 Å². The Hall–Kier alpha value is -1.71. The van der Waals surface area contributed by atoms with Gasteiger partial charge in [-0.15, -0.1) is 0 Å². The molecular formula is C15H23N3O. The molecule has 1 aliphatic rings. The van der Waals surface area contributed by atoms with E-state index in [0.717, 1.165) is 18.7 Å². The monoisotopic (exact) mass is 261 g/mol. The number of guanidine groups is 1. The molecule has 0 radical (unpaired) electrons. The lowest BCUT2D eigenvalue weighted by atomic mass is 9.90. The molecule has 0 saturated carbocycles. The lowest BCUT2D eigenvalue weighted by Gasteiger charge is -2.39. The van der Waals surface area contributed by atoms with E-state index in [1.165, 1.54) is 5.56 Å². The zero-order valence-corrected chi connectivity index (χ0v) is 12.2. The first-order valence-corrected chi connectivity index (χ1v) is 6.69. The van der Waals surface area contributed by atoms with Crippen LogP contribution in [0.4, 0.5) is 0 Å². The van der Waals surface area contributed by atoms with Gasteiger partial charge in [0.25, 0.3) is 0 Å². The van der Waals surface area contributed by atoms with Crippen LogP contribution in [0.1, 0.15) is 26.3 Å². The molecule has 1 aromatic rings. The predicted molar refractivity (Wildman–Crippen MR) is 78.6 cm³/mol. The molecule has 0 spiro atoms. The van der Waals surface area contributed by atoms with Gasteiger partial charge in [0.05, 0.1) is 19.2 Å². The van der Waals surface area contributed by atoms with Crippen molar-refractivity contribution in [3.05, 3.63) is 29.8 Å². The van der Waals surface area contributed by atoms with Gasteiger partial charge in [0, 0.05) is 12.5 Å². The summed E-state index contributed by atoms with van der Waals surface area (Å²) in [4.78, 5) is 6.63. The van der Waals surface area contributed by atoms with E-state index in [9.17, 15) is 0 Å². The number of aliphatic imine (C=N–C) groups is 1. The Balaban J connectivity index is 2.27. The van der Waals surface area contributed by atoms with Crippen molar-refractivity contribution in [2.75, 3.05) is 13.7 Å². The van der Waals surface area contributed by atoms with Crippen molar-refractivity contribution in [3.63, 3.8) is 0 Å². The lowest BCUT2D eigenvalue weighted by molar-refractivity contribution is 0.182. The summed E-state index contributed by atoms with van der Waals surface area (Å²) in [6.07, 6.45) is 0.874. The molecule has 1 aromatic carbocycles. The van der Waals surface area contributed by atoms with E-state index in [2.05, 4.69) is 36.7 Å². The van der Waals surface area contributed by atoms with Gasteiger partial charge >= 0.3 is 0 Å². The highest BCUT2D eigenvalue weighted by Crippen LogP contribution is 2.31. The quantitative estimate of drug-likeness (QED) is 0.902. The summed E-state index contributed by atoms with van der Waals surface area (Å²) in [5, 5.41) is 0. The number of para-hydroxylation sites is 1. The second kappa shape index (κ2) is 5.11. The maximum atomic E-state index is 6.02. The molecule has 19 heavy (non-hydrogen) atoms. The number of ether oxygens (including phenoxy) is 1.